The molecule has 1 saturated heterocycles. The molecule has 2 N–H and O–H groups in total. The molecule has 5 rings (SSSR count). The first-order valence-corrected chi connectivity index (χ1v) is 12.5. The van der Waals surface area contributed by atoms with Gasteiger partial charge in [0.25, 0.3) is 0 Å². The summed E-state index contributed by atoms with van der Waals surface area (Å²) in [6.07, 6.45) is 1.18. The van der Waals surface area contributed by atoms with Gasteiger partial charge in [-0.3, -0.25) is 4.79 Å². The maximum Gasteiger partial charge on any atom is 0.573 e. The highest BCUT2D eigenvalue weighted by atomic mass is 19.4. The number of likely N-dealkylation sites (N-methyl/N-ethyl adjacent to an activating group) is 2. The quantitative estimate of drug-likeness (QED) is 0.595. The van der Waals surface area contributed by atoms with E-state index in [0.29, 0.717) is 37.7 Å². The standard InChI is InChI=1S/C28H31F3N2O4/c1-32-13-12-26-17-20(10-11-27(26,36)24(32)15-19-7-8-21(34)16-23(19)26)33(2)25(35)9-6-18-4-3-5-22(14-18)37-28(29,30)31/h3-9,14,16,20,24,34,36H,10-13,15,17H2,1-2H3/t20-,24-,26-,27-/m1/s1. The zero-order valence-corrected chi connectivity index (χ0v) is 20.8. The van der Waals surface area contributed by atoms with E-state index in [-0.39, 0.29) is 29.5 Å². The number of piperidine rings is 1. The predicted octanol–water partition coefficient (Wildman–Crippen LogP) is 4.24. The van der Waals surface area contributed by atoms with Gasteiger partial charge in [-0.15, -0.1) is 13.2 Å². The van der Waals surface area contributed by atoms with Crippen molar-refractivity contribution in [3.63, 3.8) is 0 Å². The number of carbonyl (C=O) groups is 1. The number of phenolic OH excluding ortho intramolecular Hbond substituents is 1. The molecular formula is C28H31F3N2O4. The second-order valence-corrected chi connectivity index (χ2v) is 10.6. The minimum Gasteiger partial charge on any atom is -0.508 e. The van der Waals surface area contributed by atoms with E-state index >= 15 is 0 Å². The average Bonchev–Trinajstić information content (AvgIpc) is 2.83. The lowest BCUT2D eigenvalue weighted by Crippen LogP contribution is -2.73. The fraction of sp³-hybridized carbons (Fsp3) is 0.464. The number of hydrogen-bond donors (Lipinski definition) is 2. The smallest absolute Gasteiger partial charge is 0.508 e. The highest BCUT2D eigenvalue weighted by Gasteiger charge is 2.64. The van der Waals surface area contributed by atoms with Crippen molar-refractivity contribution < 1.29 is 32.9 Å². The Morgan fingerprint density at radius 2 is 2.00 bits per heavy atom. The third-order valence-electron chi connectivity index (χ3n) is 8.67. The van der Waals surface area contributed by atoms with Gasteiger partial charge in [-0.05, 0) is 92.7 Å². The number of carbonyl (C=O) groups excluding carboxylic acids is 1. The molecule has 0 aromatic heterocycles. The van der Waals surface area contributed by atoms with Crippen molar-refractivity contribution in [1.82, 2.24) is 9.80 Å². The number of aliphatic hydroxyl groups is 1. The third-order valence-corrected chi connectivity index (χ3v) is 8.67. The van der Waals surface area contributed by atoms with Crippen LogP contribution >= 0.6 is 0 Å². The van der Waals surface area contributed by atoms with E-state index in [9.17, 15) is 28.2 Å². The number of hydrogen-bond acceptors (Lipinski definition) is 5. The Labute approximate surface area is 214 Å². The fourth-order valence-electron chi connectivity index (χ4n) is 6.81. The number of fused-ring (bicyclic) bond motifs is 1. The van der Waals surface area contributed by atoms with Crippen LogP contribution in [0, 0.1) is 0 Å². The second-order valence-electron chi connectivity index (χ2n) is 10.6. The summed E-state index contributed by atoms with van der Waals surface area (Å²) in [6.45, 7) is 0.808. The van der Waals surface area contributed by atoms with Gasteiger partial charge in [-0.2, -0.15) is 0 Å². The molecular weight excluding hydrogens is 485 g/mol. The molecule has 1 amide bonds. The molecule has 2 aromatic rings. The zero-order valence-electron chi connectivity index (χ0n) is 20.8. The van der Waals surface area contributed by atoms with Crippen LogP contribution in [0.1, 0.15) is 42.4 Å². The van der Waals surface area contributed by atoms with Gasteiger partial charge in [0.1, 0.15) is 11.5 Å². The molecule has 2 bridgehead atoms. The van der Waals surface area contributed by atoms with Gasteiger partial charge >= 0.3 is 6.36 Å². The van der Waals surface area contributed by atoms with Gasteiger partial charge < -0.3 is 24.7 Å². The number of ether oxygens (including phenoxy) is 1. The van der Waals surface area contributed by atoms with Crippen molar-refractivity contribution in [2.45, 2.75) is 61.6 Å². The molecule has 0 radical (unpaired) electrons. The van der Waals surface area contributed by atoms with E-state index < -0.39 is 17.4 Å². The lowest BCUT2D eigenvalue weighted by Gasteiger charge is -2.64. The maximum atomic E-state index is 13.1. The van der Waals surface area contributed by atoms with Crippen molar-refractivity contribution in [2.75, 3.05) is 20.6 Å². The molecule has 3 aliphatic rings. The molecule has 2 fully saturated rings. The number of rotatable bonds is 4. The molecule has 37 heavy (non-hydrogen) atoms. The van der Waals surface area contributed by atoms with Crippen LogP contribution in [0.15, 0.2) is 48.5 Å². The Morgan fingerprint density at radius 3 is 2.76 bits per heavy atom. The molecule has 0 unspecified atom stereocenters. The summed E-state index contributed by atoms with van der Waals surface area (Å²) in [5.41, 5.74) is 0.961. The minimum absolute atomic E-state index is 0.0358. The average molecular weight is 517 g/mol. The number of benzene rings is 2. The molecule has 6 nitrogen and oxygen atoms in total. The summed E-state index contributed by atoms with van der Waals surface area (Å²) in [7, 11) is 3.76. The first kappa shape index (κ1) is 25.6. The number of nitrogens with zero attached hydrogens (tertiary/aromatic N) is 2. The second kappa shape index (κ2) is 9.06. The summed E-state index contributed by atoms with van der Waals surface area (Å²) in [6, 6.07) is 10.7. The van der Waals surface area contributed by atoms with Crippen LogP contribution in [-0.4, -0.2) is 70.6 Å². The van der Waals surface area contributed by atoms with E-state index in [1.807, 2.05) is 13.1 Å². The summed E-state index contributed by atoms with van der Waals surface area (Å²) in [5, 5.41) is 22.4. The number of halogens is 3. The zero-order chi connectivity index (χ0) is 26.6. The number of phenols is 1. The van der Waals surface area contributed by atoms with E-state index in [1.54, 1.807) is 30.1 Å². The molecule has 4 atom stereocenters. The Bertz CT molecular complexity index is 1230. The third kappa shape index (κ3) is 4.48. The molecule has 9 heteroatoms. The SMILES string of the molecule is CN1CC[C@]23C[C@H](N(C)C(=O)C=Cc4cccc(OC(F)(F)F)c4)CC[C@@]2(O)[C@H]1Cc1ccc(O)cc13. The first-order chi connectivity index (χ1) is 17.4. The highest BCUT2D eigenvalue weighted by molar-refractivity contribution is 5.91. The highest BCUT2D eigenvalue weighted by Crippen LogP contribution is 2.58. The number of alkyl halides is 3. The lowest BCUT2D eigenvalue weighted by atomic mass is 9.49. The lowest BCUT2D eigenvalue weighted by molar-refractivity contribution is -0.274. The molecule has 1 saturated carbocycles. The molecule has 198 valence electrons. The number of aromatic hydroxyl groups is 1. The van der Waals surface area contributed by atoms with Crippen LogP contribution in [0.5, 0.6) is 11.5 Å². The van der Waals surface area contributed by atoms with E-state index in [0.717, 1.165) is 17.7 Å². The Kier molecular flexibility index (Phi) is 6.27. The normalized spacial score (nSPS) is 29.5. The van der Waals surface area contributed by atoms with Crippen LogP contribution in [0.25, 0.3) is 6.08 Å². The van der Waals surface area contributed by atoms with Gasteiger partial charge in [0.15, 0.2) is 0 Å². The van der Waals surface area contributed by atoms with Crippen molar-refractivity contribution >= 4 is 12.0 Å². The van der Waals surface area contributed by atoms with Crippen LogP contribution in [0.2, 0.25) is 0 Å². The molecule has 1 aliphatic heterocycles. The largest absolute Gasteiger partial charge is 0.573 e. The number of amides is 1. The molecule has 1 heterocycles. The molecule has 2 aromatic carbocycles. The van der Waals surface area contributed by atoms with Crippen LogP contribution in [0.4, 0.5) is 13.2 Å². The maximum absolute atomic E-state index is 13.1. The van der Waals surface area contributed by atoms with Crippen molar-refractivity contribution in [1.29, 1.82) is 0 Å². The van der Waals surface area contributed by atoms with Crippen molar-refractivity contribution in [2.24, 2.45) is 0 Å². The van der Waals surface area contributed by atoms with Gasteiger partial charge in [0.2, 0.25) is 5.91 Å². The number of likely N-dealkylation sites (tertiary alicyclic amines) is 1. The van der Waals surface area contributed by atoms with Crippen LogP contribution in [-0.2, 0) is 16.6 Å². The van der Waals surface area contributed by atoms with Gasteiger partial charge in [-0.25, -0.2) is 0 Å². The summed E-state index contributed by atoms with van der Waals surface area (Å²) < 4.78 is 41.6. The monoisotopic (exact) mass is 516 g/mol. The van der Waals surface area contributed by atoms with Crippen LogP contribution in [0.3, 0.4) is 0 Å². The van der Waals surface area contributed by atoms with Crippen molar-refractivity contribution in [3.8, 4) is 11.5 Å². The summed E-state index contributed by atoms with van der Waals surface area (Å²) in [4.78, 5) is 17.0. The minimum atomic E-state index is -4.79. The summed E-state index contributed by atoms with van der Waals surface area (Å²) in [5.74, 6) is -0.457. The Morgan fingerprint density at radius 1 is 1.22 bits per heavy atom. The van der Waals surface area contributed by atoms with Gasteiger partial charge in [0, 0.05) is 30.6 Å². The Hall–Kier alpha value is -3.04. The van der Waals surface area contributed by atoms with Crippen LogP contribution < -0.4 is 4.74 Å². The molecule has 0 spiro atoms. The first-order valence-electron chi connectivity index (χ1n) is 12.5. The Balaban J connectivity index is 1.38. The predicted molar refractivity (Wildman–Crippen MR) is 132 cm³/mol. The van der Waals surface area contributed by atoms with E-state index in [4.69, 9.17) is 0 Å². The van der Waals surface area contributed by atoms with E-state index in [1.165, 1.54) is 30.4 Å². The van der Waals surface area contributed by atoms with Gasteiger partial charge in [0.05, 0.1) is 5.60 Å². The summed E-state index contributed by atoms with van der Waals surface area (Å²) >= 11 is 0. The molecule has 2 aliphatic carbocycles. The fourth-order valence-corrected chi connectivity index (χ4v) is 6.81. The topological polar surface area (TPSA) is 73.2 Å². The van der Waals surface area contributed by atoms with Crippen molar-refractivity contribution in [3.05, 3.63) is 65.2 Å². The van der Waals surface area contributed by atoms with E-state index in [2.05, 4.69) is 9.64 Å². The van der Waals surface area contributed by atoms with Gasteiger partial charge in [-0.1, -0.05) is 18.2 Å².